The molecule has 0 aliphatic rings. The second-order valence-electron chi connectivity index (χ2n) is 1.18. The van der Waals surface area contributed by atoms with E-state index in [1.807, 2.05) is 0 Å². The largest absolute Gasteiger partial charge is 0.317 e. The zero-order valence-corrected chi connectivity index (χ0v) is 5.86. The average Bonchev–Trinajstić information content (AvgIpc) is 1.71. The van der Waals surface area contributed by atoms with Crippen LogP contribution >= 0.6 is 0 Å². The zero-order chi connectivity index (χ0) is 6.83. The van der Waals surface area contributed by atoms with Gasteiger partial charge in [-0.3, -0.25) is 0 Å². The molecule has 0 bridgehead atoms. The molecule has 0 aliphatic heterocycles. The number of rotatable bonds is 2. The molecule has 0 rings (SSSR count). The molecule has 48 valence electrons. The quantitative estimate of drug-likeness (QED) is 0.584. The van der Waals surface area contributed by atoms with Crippen LogP contribution in [0.25, 0.3) is 0 Å². The van der Waals surface area contributed by atoms with E-state index in [1.54, 1.807) is 6.07 Å². The van der Waals surface area contributed by atoms with E-state index in [0.29, 0.717) is 0 Å². The summed E-state index contributed by atoms with van der Waals surface area (Å²) in [4.78, 5) is 0. The summed E-state index contributed by atoms with van der Waals surface area (Å²) < 4.78 is 0. The normalized spacial score (nSPS) is 6.25. The van der Waals surface area contributed by atoms with Crippen molar-refractivity contribution in [2.75, 3.05) is 13.1 Å². The monoisotopic (exact) mass is 114 g/mol. The molecule has 0 aromatic rings. The maximum absolute atomic E-state index is 7.32. The molecule has 0 spiro atoms. The Morgan fingerprint density at radius 2 is 1.62 bits per heavy atom. The van der Waals surface area contributed by atoms with E-state index in [0.717, 1.165) is 13.1 Å². The molecule has 8 heavy (non-hydrogen) atoms. The van der Waals surface area contributed by atoms with Crippen LogP contribution in [0.3, 0.4) is 0 Å². The van der Waals surface area contributed by atoms with E-state index in [1.165, 1.54) is 6.92 Å². The first-order valence-corrected chi connectivity index (χ1v) is 2.84. The summed E-state index contributed by atoms with van der Waals surface area (Å²) in [6.07, 6.45) is 0. The van der Waals surface area contributed by atoms with Crippen LogP contribution in [0.5, 0.6) is 0 Å². The van der Waals surface area contributed by atoms with Gasteiger partial charge in [0.2, 0.25) is 0 Å². The summed E-state index contributed by atoms with van der Waals surface area (Å²) in [6.45, 7) is 7.82. The van der Waals surface area contributed by atoms with Crippen LogP contribution in [-0.2, 0) is 0 Å². The summed E-state index contributed by atoms with van der Waals surface area (Å²) in [5.74, 6) is 0. The third kappa shape index (κ3) is 51.3. The Bertz CT molecular complexity index is 52.0. The van der Waals surface area contributed by atoms with Crippen LogP contribution in [0.4, 0.5) is 0 Å². The van der Waals surface area contributed by atoms with Crippen molar-refractivity contribution in [2.45, 2.75) is 20.8 Å². The standard InChI is InChI=1S/C4H11N.C2H3N/c1-3-5-4-2;1-2-3/h5H,3-4H2,1-2H3;1H3. The Morgan fingerprint density at radius 3 is 1.62 bits per heavy atom. The van der Waals surface area contributed by atoms with E-state index in [4.69, 9.17) is 5.26 Å². The van der Waals surface area contributed by atoms with Crippen LogP contribution in [0.15, 0.2) is 0 Å². The summed E-state index contributed by atoms with van der Waals surface area (Å²) in [5.41, 5.74) is 0. The van der Waals surface area contributed by atoms with Gasteiger partial charge >= 0.3 is 0 Å². The lowest BCUT2D eigenvalue weighted by molar-refractivity contribution is 0.762. The van der Waals surface area contributed by atoms with Gasteiger partial charge < -0.3 is 5.32 Å². The molecule has 2 nitrogen and oxygen atoms in total. The van der Waals surface area contributed by atoms with Crippen LogP contribution in [0, 0.1) is 11.3 Å². The van der Waals surface area contributed by atoms with E-state index >= 15 is 0 Å². The first-order chi connectivity index (χ1) is 3.83. The minimum atomic E-state index is 1.09. The van der Waals surface area contributed by atoms with Crippen molar-refractivity contribution in [1.29, 1.82) is 5.26 Å². The Balaban J connectivity index is 0. The molecule has 0 aromatic heterocycles. The lowest BCUT2D eigenvalue weighted by Crippen LogP contribution is -2.09. The van der Waals surface area contributed by atoms with E-state index in [9.17, 15) is 0 Å². The molecule has 0 fully saturated rings. The fourth-order valence-corrected chi connectivity index (χ4v) is 0.250. The lowest BCUT2D eigenvalue weighted by Gasteiger charge is -1.86. The van der Waals surface area contributed by atoms with Crippen molar-refractivity contribution in [3.8, 4) is 6.07 Å². The van der Waals surface area contributed by atoms with Gasteiger partial charge in [0.15, 0.2) is 0 Å². The van der Waals surface area contributed by atoms with Crippen molar-refractivity contribution >= 4 is 0 Å². The molecule has 2 heteroatoms. The van der Waals surface area contributed by atoms with Gasteiger partial charge in [-0.2, -0.15) is 5.26 Å². The minimum Gasteiger partial charge on any atom is -0.317 e. The molecular weight excluding hydrogens is 100 g/mol. The SMILES string of the molecule is CC#N.CCNCC. The molecule has 1 N–H and O–H groups in total. The predicted molar refractivity (Wildman–Crippen MR) is 35.5 cm³/mol. The molecule has 0 atom stereocenters. The molecule has 0 aromatic carbocycles. The van der Waals surface area contributed by atoms with Crippen LogP contribution in [0.1, 0.15) is 20.8 Å². The van der Waals surface area contributed by atoms with Gasteiger partial charge in [-0.1, -0.05) is 13.8 Å². The summed E-state index contributed by atoms with van der Waals surface area (Å²) >= 11 is 0. The Hall–Kier alpha value is -0.550. The maximum Gasteiger partial charge on any atom is 0.0587 e. The Labute approximate surface area is 51.5 Å². The smallest absolute Gasteiger partial charge is 0.0587 e. The van der Waals surface area contributed by atoms with Crippen LogP contribution < -0.4 is 5.32 Å². The summed E-state index contributed by atoms with van der Waals surface area (Å²) in [6, 6.07) is 1.75. The molecule has 0 amide bonds. The van der Waals surface area contributed by atoms with Crippen molar-refractivity contribution in [3.05, 3.63) is 0 Å². The van der Waals surface area contributed by atoms with E-state index < -0.39 is 0 Å². The topological polar surface area (TPSA) is 35.8 Å². The number of nitrogens with one attached hydrogen (secondary N) is 1. The van der Waals surface area contributed by atoms with Gasteiger partial charge in [-0.15, -0.1) is 0 Å². The number of nitrogens with zero attached hydrogens (tertiary/aromatic N) is 1. The highest BCUT2D eigenvalue weighted by molar-refractivity contribution is 4.51. The van der Waals surface area contributed by atoms with Crippen LogP contribution in [0.2, 0.25) is 0 Å². The van der Waals surface area contributed by atoms with Gasteiger partial charge in [0.05, 0.1) is 6.07 Å². The molecule has 0 unspecified atom stereocenters. The number of hydrogen-bond acceptors (Lipinski definition) is 2. The van der Waals surface area contributed by atoms with Gasteiger partial charge in [0.25, 0.3) is 0 Å². The number of nitriles is 1. The highest BCUT2D eigenvalue weighted by atomic mass is 14.8. The molecule has 0 saturated carbocycles. The fraction of sp³-hybridized carbons (Fsp3) is 0.833. The highest BCUT2D eigenvalue weighted by Gasteiger charge is 1.62. The van der Waals surface area contributed by atoms with Gasteiger partial charge in [-0.25, -0.2) is 0 Å². The van der Waals surface area contributed by atoms with Crippen molar-refractivity contribution in [1.82, 2.24) is 5.32 Å². The fourth-order valence-electron chi connectivity index (χ4n) is 0.250. The number of hydrogen-bond donors (Lipinski definition) is 1. The zero-order valence-electron chi connectivity index (χ0n) is 5.86. The molecule has 0 aliphatic carbocycles. The van der Waals surface area contributed by atoms with Crippen molar-refractivity contribution in [3.63, 3.8) is 0 Å². The Morgan fingerprint density at radius 1 is 1.38 bits per heavy atom. The summed E-state index contributed by atoms with van der Waals surface area (Å²) in [7, 11) is 0. The predicted octanol–water partition coefficient (Wildman–Crippen LogP) is 1.15. The second-order valence-corrected chi connectivity index (χ2v) is 1.18. The van der Waals surface area contributed by atoms with Crippen molar-refractivity contribution < 1.29 is 0 Å². The minimum absolute atomic E-state index is 1.09. The highest BCUT2D eigenvalue weighted by Crippen LogP contribution is 1.47. The first kappa shape index (κ1) is 10.4. The van der Waals surface area contributed by atoms with Gasteiger partial charge in [-0.05, 0) is 13.1 Å². The summed E-state index contributed by atoms with van der Waals surface area (Å²) in [5, 5.41) is 10.4. The Kier molecular flexibility index (Phi) is 21.0. The third-order valence-corrected chi connectivity index (χ3v) is 0.500. The molecule has 0 saturated heterocycles. The van der Waals surface area contributed by atoms with Gasteiger partial charge in [0, 0.05) is 6.92 Å². The van der Waals surface area contributed by atoms with E-state index in [2.05, 4.69) is 19.2 Å². The van der Waals surface area contributed by atoms with Crippen molar-refractivity contribution in [2.24, 2.45) is 0 Å². The third-order valence-electron chi connectivity index (χ3n) is 0.500. The first-order valence-electron chi connectivity index (χ1n) is 2.84. The van der Waals surface area contributed by atoms with Crippen LogP contribution in [-0.4, -0.2) is 13.1 Å². The molecule has 0 radical (unpaired) electrons. The second kappa shape index (κ2) is 16.1. The van der Waals surface area contributed by atoms with E-state index in [-0.39, 0.29) is 0 Å². The van der Waals surface area contributed by atoms with Gasteiger partial charge in [0.1, 0.15) is 0 Å². The lowest BCUT2D eigenvalue weighted by atomic mass is 10.7. The average molecular weight is 114 g/mol. The maximum atomic E-state index is 7.32. The molecular formula is C6H14N2. The molecule has 0 heterocycles.